The van der Waals surface area contributed by atoms with E-state index in [1.807, 2.05) is 6.07 Å². The highest BCUT2D eigenvalue weighted by Gasteiger charge is 2.46. The molecule has 0 amide bonds. The van der Waals surface area contributed by atoms with Crippen LogP contribution in [-0.4, -0.2) is 27.1 Å². The molecule has 1 aliphatic rings. The normalized spacial score (nSPS) is 19.2. The molecule has 7 nitrogen and oxygen atoms in total. The van der Waals surface area contributed by atoms with Crippen molar-refractivity contribution in [2.45, 2.75) is 18.9 Å². The van der Waals surface area contributed by atoms with Gasteiger partial charge in [0.1, 0.15) is 12.4 Å². The van der Waals surface area contributed by atoms with Gasteiger partial charge in [-0.25, -0.2) is 14.6 Å². The molecule has 0 saturated heterocycles. The SMILES string of the molecule is CC1(C(=O)OI)Cc2ncn(-c3ccc(C#N)c(Cl)c3)c2C(=O)O1. The molecule has 9 heteroatoms. The molecule has 0 radical (unpaired) electrons. The fourth-order valence-electron chi connectivity index (χ4n) is 2.48. The van der Waals surface area contributed by atoms with Gasteiger partial charge in [-0.2, -0.15) is 5.26 Å². The molecule has 3 rings (SSSR count). The first-order valence-electron chi connectivity index (χ1n) is 6.72. The van der Waals surface area contributed by atoms with E-state index in [-0.39, 0.29) is 17.1 Å². The molecule has 1 aliphatic heterocycles. The molecule has 0 fully saturated rings. The van der Waals surface area contributed by atoms with Crippen molar-refractivity contribution in [3.05, 3.63) is 46.5 Å². The number of ether oxygens (including phenoxy) is 1. The number of halogens is 2. The predicted molar refractivity (Wildman–Crippen MR) is 90.9 cm³/mol. The van der Waals surface area contributed by atoms with E-state index in [9.17, 15) is 9.59 Å². The maximum absolute atomic E-state index is 12.4. The summed E-state index contributed by atoms with van der Waals surface area (Å²) in [6, 6.07) is 6.72. The summed E-state index contributed by atoms with van der Waals surface area (Å²) < 4.78 is 11.5. The molecule has 0 spiro atoms. The van der Waals surface area contributed by atoms with E-state index in [1.54, 1.807) is 18.2 Å². The minimum Gasteiger partial charge on any atom is -0.442 e. The van der Waals surface area contributed by atoms with Crippen LogP contribution in [0, 0.1) is 11.3 Å². The number of hydrogen-bond donors (Lipinski definition) is 0. The first-order valence-corrected chi connectivity index (χ1v) is 7.98. The van der Waals surface area contributed by atoms with Gasteiger partial charge in [-0.05, 0) is 25.1 Å². The predicted octanol–water partition coefficient (Wildman–Crippen LogP) is 2.76. The molecule has 1 unspecified atom stereocenters. The Labute approximate surface area is 155 Å². The molecule has 122 valence electrons. The Morgan fingerprint density at radius 1 is 1.58 bits per heavy atom. The molecule has 1 aromatic carbocycles. The lowest BCUT2D eigenvalue weighted by Gasteiger charge is -2.29. The minimum absolute atomic E-state index is 0.104. The van der Waals surface area contributed by atoms with Gasteiger partial charge in [0, 0.05) is 12.1 Å². The van der Waals surface area contributed by atoms with Crippen LogP contribution in [-0.2, 0) is 19.0 Å². The van der Waals surface area contributed by atoms with Crippen molar-refractivity contribution >= 4 is 46.5 Å². The third-order valence-corrected chi connectivity index (χ3v) is 4.43. The number of aromatic nitrogens is 2. The highest BCUT2D eigenvalue weighted by molar-refractivity contribution is 14.1. The summed E-state index contributed by atoms with van der Waals surface area (Å²) in [7, 11) is 0. The van der Waals surface area contributed by atoms with Gasteiger partial charge >= 0.3 is 11.9 Å². The van der Waals surface area contributed by atoms with Crippen molar-refractivity contribution in [2.75, 3.05) is 0 Å². The zero-order valence-electron chi connectivity index (χ0n) is 12.2. The van der Waals surface area contributed by atoms with E-state index < -0.39 is 17.5 Å². The molecule has 0 saturated carbocycles. The Morgan fingerprint density at radius 3 is 2.96 bits per heavy atom. The third-order valence-electron chi connectivity index (χ3n) is 3.71. The monoisotopic (exact) mass is 457 g/mol. The van der Waals surface area contributed by atoms with E-state index in [1.165, 1.54) is 40.8 Å². The smallest absolute Gasteiger partial charge is 0.360 e. The number of nitriles is 1. The molecular weight excluding hydrogens is 449 g/mol. The number of benzene rings is 1. The highest BCUT2D eigenvalue weighted by atomic mass is 127. The largest absolute Gasteiger partial charge is 0.442 e. The standard InChI is InChI=1S/C15H9ClIN3O4/c1-15(14(22)24-17)5-11-12(13(21)23-15)20(7-19-11)9-3-2-8(6-18)10(16)4-9/h2-4,7H,5H2,1H3. The second-order valence-corrected chi connectivity index (χ2v) is 6.20. The van der Waals surface area contributed by atoms with Crippen molar-refractivity contribution in [2.24, 2.45) is 0 Å². The van der Waals surface area contributed by atoms with Crippen molar-refractivity contribution in [3.8, 4) is 11.8 Å². The van der Waals surface area contributed by atoms with Crippen molar-refractivity contribution in [3.63, 3.8) is 0 Å². The molecular formula is C15H9ClIN3O4. The number of imidazole rings is 1. The maximum Gasteiger partial charge on any atom is 0.360 e. The number of nitrogens with zero attached hydrogens (tertiary/aromatic N) is 3. The summed E-state index contributed by atoms with van der Waals surface area (Å²) in [5.41, 5.74) is 0.122. The molecule has 0 aliphatic carbocycles. The molecule has 2 heterocycles. The Hall–Kier alpha value is -2.12. The van der Waals surface area contributed by atoms with Gasteiger partial charge in [0.05, 0.1) is 16.3 Å². The number of esters is 1. The zero-order valence-corrected chi connectivity index (χ0v) is 15.2. The van der Waals surface area contributed by atoms with Crippen LogP contribution in [0.4, 0.5) is 0 Å². The second-order valence-electron chi connectivity index (χ2n) is 5.35. The molecule has 0 bridgehead atoms. The topological polar surface area (TPSA) is 94.2 Å². The van der Waals surface area contributed by atoms with Crippen LogP contribution >= 0.6 is 34.6 Å². The van der Waals surface area contributed by atoms with Gasteiger partial charge in [0.2, 0.25) is 5.60 Å². The number of carbonyl (C=O) groups excluding carboxylic acids is 2. The van der Waals surface area contributed by atoms with Crippen LogP contribution in [0.5, 0.6) is 0 Å². The van der Waals surface area contributed by atoms with E-state index in [2.05, 4.69) is 8.05 Å². The zero-order chi connectivity index (χ0) is 17.5. The summed E-state index contributed by atoms with van der Waals surface area (Å²) in [5.74, 6) is -1.34. The van der Waals surface area contributed by atoms with E-state index in [4.69, 9.17) is 21.6 Å². The van der Waals surface area contributed by atoms with Crippen LogP contribution in [0.2, 0.25) is 5.02 Å². The van der Waals surface area contributed by atoms with Crippen LogP contribution in [0.3, 0.4) is 0 Å². The number of hydrogen-bond acceptors (Lipinski definition) is 6. The fourth-order valence-corrected chi connectivity index (χ4v) is 3.16. The van der Waals surface area contributed by atoms with Crippen molar-refractivity contribution in [1.82, 2.24) is 9.55 Å². The highest BCUT2D eigenvalue weighted by Crippen LogP contribution is 2.31. The molecule has 2 aromatic rings. The minimum atomic E-state index is -1.41. The Kier molecular flexibility index (Phi) is 4.23. The van der Waals surface area contributed by atoms with Gasteiger partial charge in [-0.3, -0.25) is 4.57 Å². The Bertz CT molecular complexity index is 905. The first kappa shape index (κ1) is 16.7. The summed E-state index contributed by atoms with van der Waals surface area (Å²) in [6.07, 6.45) is 1.55. The summed E-state index contributed by atoms with van der Waals surface area (Å²) >= 11 is 7.49. The molecule has 1 aromatic heterocycles. The van der Waals surface area contributed by atoms with Crippen LogP contribution in [0.1, 0.15) is 28.7 Å². The summed E-state index contributed by atoms with van der Waals surface area (Å²) in [4.78, 5) is 28.5. The van der Waals surface area contributed by atoms with Gasteiger partial charge in [-0.15, -0.1) is 0 Å². The van der Waals surface area contributed by atoms with Gasteiger partial charge in [0.25, 0.3) is 0 Å². The average Bonchev–Trinajstić information content (AvgIpc) is 2.97. The average molecular weight is 458 g/mol. The Balaban J connectivity index is 2.05. The molecule has 24 heavy (non-hydrogen) atoms. The number of carbonyl (C=O) groups is 2. The van der Waals surface area contributed by atoms with Crippen LogP contribution in [0.15, 0.2) is 24.5 Å². The Morgan fingerprint density at radius 2 is 2.33 bits per heavy atom. The lowest BCUT2D eigenvalue weighted by Crippen LogP contribution is -2.46. The summed E-state index contributed by atoms with van der Waals surface area (Å²) in [6.45, 7) is 1.48. The fraction of sp³-hybridized carbons (Fsp3) is 0.200. The van der Waals surface area contributed by atoms with Crippen LogP contribution in [0.25, 0.3) is 5.69 Å². The molecule has 0 N–H and O–H groups in total. The van der Waals surface area contributed by atoms with E-state index >= 15 is 0 Å². The van der Waals surface area contributed by atoms with Gasteiger partial charge < -0.3 is 7.80 Å². The summed E-state index contributed by atoms with van der Waals surface area (Å²) in [5, 5.41) is 9.20. The van der Waals surface area contributed by atoms with Crippen LogP contribution < -0.4 is 0 Å². The quantitative estimate of drug-likeness (QED) is 0.508. The number of rotatable bonds is 2. The first-order chi connectivity index (χ1) is 11.4. The lowest BCUT2D eigenvalue weighted by molar-refractivity contribution is -0.151. The number of cyclic esters (lactones) is 1. The van der Waals surface area contributed by atoms with Crippen molar-refractivity contribution < 1.29 is 17.4 Å². The van der Waals surface area contributed by atoms with Gasteiger partial charge in [-0.1, -0.05) is 11.6 Å². The van der Waals surface area contributed by atoms with E-state index in [0.717, 1.165) is 0 Å². The third kappa shape index (κ3) is 2.63. The lowest BCUT2D eigenvalue weighted by atomic mass is 9.96. The molecule has 1 atom stereocenters. The van der Waals surface area contributed by atoms with E-state index in [0.29, 0.717) is 16.9 Å². The van der Waals surface area contributed by atoms with Crippen molar-refractivity contribution in [1.29, 1.82) is 5.26 Å². The maximum atomic E-state index is 12.4. The number of fused-ring (bicyclic) bond motifs is 1. The second kappa shape index (κ2) is 6.07. The van der Waals surface area contributed by atoms with Gasteiger partial charge in [0.15, 0.2) is 28.7 Å².